The van der Waals surface area contributed by atoms with Crippen molar-refractivity contribution in [3.8, 4) is 5.75 Å². The molecular formula is C12H15F2NO. The van der Waals surface area contributed by atoms with Crippen molar-refractivity contribution in [1.29, 1.82) is 0 Å². The molecule has 0 radical (unpaired) electrons. The van der Waals surface area contributed by atoms with E-state index >= 15 is 0 Å². The molecule has 1 saturated heterocycles. The summed E-state index contributed by atoms with van der Waals surface area (Å²) in [6.07, 6.45) is 2.06. The summed E-state index contributed by atoms with van der Waals surface area (Å²) in [7, 11) is 1.35. The molecule has 1 aliphatic heterocycles. The predicted octanol–water partition coefficient (Wildman–Crippen LogP) is 2.44. The fraction of sp³-hybridized carbons (Fsp3) is 0.500. The summed E-state index contributed by atoms with van der Waals surface area (Å²) < 4.78 is 31.4. The number of halogens is 2. The van der Waals surface area contributed by atoms with Gasteiger partial charge in [-0.05, 0) is 43.0 Å². The Labute approximate surface area is 93.6 Å². The van der Waals surface area contributed by atoms with Crippen LogP contribution in [-0.4, -0.2) is 20.2 Å². The van der Waals surface area contributed by atoms with Crippen LogP contribution in [0.3, 0.4) is 0 Å². The van der Waals surface area contributed by atoms with Crippen molar-refractivity contribution in [1.82, 2.24) is 5.32 Å². The molecule has 1 aromatic carbocycles. The van der Waals surface area contributed by atoms with Crippen LogP contribution in [0.5, 0.6) is 5.75 Å². The van der Waals surface area contributed by atoms with Crippen molar-refractivity contribution < 1.29 is 13.5 Å². The summed E-state index contributed by atoms with van der Waals surface area (Å²) in [6.45, 7) is 1.81. The van der Waals surface area contributed by atoms with Crippen LogP contribution >= 0.6 is 0 Å². The molecular weight excluding hydrogens is 212 g/mol. The van der Waals surface area contributed by atoms with Gasteiger partial charge in [-0.1, -0.05) is 0 Å². The first-order valence-electron chi connectivity index (χ1n) is 5.46. The molecule has 16 heavy (non-hydrogen) atoms. The fourth-order valence-corrected chi connectivity index (χ4v) is 2.10. The first-order valence-corrected chi connectivity index (χ1v) is 5.46. The van der Waals surface area contributed by atoms with E-state index in [1.807, 2.05) is 0 Å². The third kappa shape index (κ3) is 2.16. The van der Waals surface area contributed by atoms with Crippen LogP contribution in [-0.2, 0) is 0 Å². The Morgan fingerprint density at radius 3 is 2.81 bits per heavy atom. The molecule has 0 aliphatic carbocycles. The van der Waals surface area contributed by atoms with Gasteiger partial charge in [0.2, 0.25) is 5.82 Å². The van der Waals surface area contributed by atoms with E-state index in [0.29, 0.717) is 0 Å². The third-order valence-electron chi connectivity index (χ3n) is 3.01. The summed E-state index contributed by atoms with van der Waals surface area (Å²) in [4.78, 5) is 0. The predicted molar refractivity (Wildman–Crippen MR) is 57.8 cm³/mol. The molecule has 0 saturated carbocycles. The molecule has 1 aromatic rings. The van der Waals surface area contributed by atoms with Crippen LogP contribution in [0.1, 0.15) is 24.3 Å². The van der Waals surface area contributed by atoms with Gasteiger partial charge in [0.15, 0.2) is 11.6 Å². The Morgan fingerprint density at radius 2 is 2.19 bits per heavy atom. The number of ether oxygens (including phenoxy) is 1. The molecule has 88 valence electrons. The summed E-state index contributed by atoms with van der Waals surface area (Å²) in [5.74, 6) is -1.51. The van der Waals surface area contributed by atoms with Gasteiger partial charge in [0, 0.05) is 6.54 Å². The lowest BCUT2D eigenvalue weighted by Crippen LogP contribution is -2.28. The monoisotopic (exact) mass is 227 g/mol. The number of piperidine rings is 1. The topological polar surface area (TPSA) is 21.3 Å². The molecule has 0 unspecified atom stereocenters. The number of hydrogen-bond acceptors (Lipinski definition) is 2. The van der Waals surface area contributed by atoms with Gasteiger partial charge in [-0.2, -0.15) is 4.39 Å². The van der Waals surface area contributed by atoms with E-state index in [2.05, 4.69) is 5.32 Å². The average molecular weight is 227 g/mol. The number of hydrogen-bond donors (Lipinski definition) is 1. The SMILES string of the molecule is COc1cc([C@@H]2CCCNC2)cc(F)c1F. The Kier molecular flexibility index (Phi) is 3.39. The van der Waals surface area contributed by atoms with Crippen LogP contribution in [0.15, 0.2) is 12.1 Å². The van der Waals surface area contributed by atoms with Crippen molar-refractivity contribution in [3.63, 3.8) is 0 Å². The molecule has 1 heterocycles. The molecule has 1 N–H and O–H groups in total. The van der Waals surface area contributed by atoms with E-state index in [9.17, 15) is 8.78 Å². The van der Waals surface area contributed by atoms with Gasteiger partial charge in [-0.3, -0.25) is 0 Å². The highest BCUT2D eigenvalue weighted by Crippen LogP contribution is 2.29. The third-order valence-corrected chi connectivity index (χ3v) is 3.01. The van der Waals surface area contributed by atoms with Crippen LogP contribution in [0.2, 0.25) is 0 Å². The first kappa shape index (κ1) is 11.3. The normalized spacial score (nSPS) is 20.8. The van der Waals surface area contributed by atoms with E-state index in [1.165, 1.54) is 13.2 Å². The molecule has 4 heteroatoms. The van der Waals surface area contributed by atoms with Gasteiger partial charge in [-0.15, -0.1) is 0 Å². The summed E-state index contributed by atoms with van der Waals surface area (Å²) in [5.41, 5.74) is 0.808. The molecule has 0 bridgehead atoms. The molecule has 0 aromatic heterocycles. The largest absolute Gasteiger partial charge is 0.494 e. The zero-order valence-corrected chi connectivity index (χ0v) is 9.22. The van der Waals surface area contributed by atoms with Gasteiger partial charge in [0.25, 0.3) is 0 Å². The van der Waals surface area contributed by atoms with Crippen LogP contribution < -0.4 is 10.1 Å². The number of rotatable bonds is 2. The second kappa shape index (κ2) is 4.78. The van der Waals surface area contributed by atoms with Crippen molar-refractivity contribution in [2.24, 2.45) is 0 Å². The molecule has 0 amide bonds. The van der Waals surface area contributed by atoms with Gasteiger partial charge >= 0.3 is 0 Å². The second-order valence-electron chi connectivity index (χ2n) is 4.06. The Hall–Kier alpha value is -1.16. The number of benzene rings is 1. The maximum Gasteiger partial charge on any atom is 0.200 e. The van der Waals surface area contributed by atoms with Crippen LogP contribution in [0, 0.1) is 11.6 Å². The Morgan fingerprint density at radius 1 is 1.38 bits per heavy atom. The Bertz CT molecular complexity index is 376. The van der Waals surface area contributed by atoms with E-state index in [-0.39, 0.29) is 11.7 Å². The van der Waals surface area contributed by atoms with Crippen LogP contribution in [0.4, 0.5) is 8.78 Å². The van der Waals surface area contributed by atoms with Crippen molar-refractivity contribution >= 4 is 0 Å². The van der Waals surface area contributed by atoms with Crippen molar-refractivity contribution in [3.05, 3.63) is 29.3 Å². The minimum Gasteiger partial charge on any atom is -0.494 e. The van der Waals surface area contributed by atoms with Gasteiger partial charge in [-0.25, -0.2) is 4.39 Å². The quantitative estimate of drug-likeness (QED) is 0.837. The zero-order chi connectivity index (χ0) is 11.5. The van der Waals surface area contributed by atoms with E-state index in [1.54, 1.807) is 6.07 Å². The molecule has 2 nitrogen and oxygen atoms in total. The summed E-state index contributed by atoms with van der Waals surface area (Å²) in [5, 5.41) is 3.25. The maximum atomic E-state index is 13.3. The lowest BCUT2D eigenvalue weighted by molar-refractivity contribution is 0.368. The highest BCUT2D eigenvalue weighted by Gasteiger charge is 2.19. The van der Waals surface area contributed by atoms with E-state index in [4.69, 9.17) is 4.74 Å². The molecule has 1 fully saturated rings. The van der Waals surface area contributed by atoms with Crippen molar-refractivity contribution in [2.45, 2.75) is 18.8 Å². The highest BCUT2D eigenvalue weighted by molar-refractivity contribution is 5.33. The van der Waals surface area contributed by atoms with Crippen molar-refractivity contribution in [2.75, 3.05) is 20.2 Å². The second-order valence-corrected chi connectivity index (χ2v) is 4.06. The number of nitrogens with one attached hydrogen (secondary N) is 1. The standard InChI is InChI=1S/C12H15F2NO/c1-16-11-6-9(5-10(13)12(11)14)8-3-2-4-15-7-8/h5-6,8,15H,2-4,7H2,1H3/t8-/m1/s1. The minimum absolute atomic E-state index is 0.0134. The Balaban J connectivity index is 2.29. The van der Waals surface area contributed by atoms with Gasteiger partial charge in [0.05, 0.1) is 7.11 Å². The zero-order valence-electron chi connectivity index (χ0n) is 9.22. The van der Waals surface area contributed by atoms with Crippen LogP contribution in [0.25, 0.3) is 0 Å². The summed E-state index contributed by atoms with van der Waals surface area (Å²) >= 11 is 0. The van der Waals surface area contributed by atoms with E-state index in [0.717, 1.165) is 31.5 Å². The number of methoxy groups -OCH3 is 1. The minimum atomic E-state index is -0.907. The van der Waals surface area contributed by atoms with Gasteiger partial charge in [0.1, 0.15) is 0 Å². The van der Waals surface area contributed by atoms with E-state index < -0.39 is 11.6 Å². The lowest BCUT2D eigenvalue weighted by Gasteiger charge is -2.23. The van der Waals surface area contributed by atoms with Gasteiger partial charge < -0.3 is 10.1 Å². The fourth-order valence-electron chi connectivity index (χ4n) is 2.10. The smallest absolute Gasteiger partial charge is 0.200 e. The molecule has 0 spiro atoms. The average Bonchev–Trinajstić information content (AvgIpc) is 2.33. The molecule has 1 aliphatic rings. The highest BCUT2D eigenvalue weighted by atomic mass is 19.2. The summed E-state index contributed by atoms with van der Waals surface area (Å²) in [6, 6.07) is 2.87. The molecule has 2 rings (SSSR count). The maximum absolute atomic E-state index is 13.3. The first-order chi connectivity index (χ1) is 7.72. The molecule has 1 atom stereocenters. The lowest BCUT2D eigenvalue weighted by atomic mass is 9.91.